The summed E-state index contributed by atoms with van der Waals surface area (Å²) in [5.74, 6) is 0.131. The van der Waals surface area contributed by atoms with Gasteiger partial charge in [-0.3, -0.25) is 14.1 Å². The molecule has 0 bridgehead atoms. The molecule has 140 valence electrons. The van der Waals surface area contributed by atoms with Crippen LogP contribution in [0.1, 0.15) is 19.0 Å². The largest absolute Gasteiger partial charge is 0.497 e. The standard InChI is InChI=1S/C18H23N3O4S/c1-4-17(18(22)20-13-14-8-5-6-11-19-14)21(26(3,23)24)15-9-7-10-16(12-15)25-2/h5-12,17H,4,13H2,1-3H3,(H,20,22). The molecule has 2 rings (SSSR count). The van der Waals surface area contributed by atoms with Gasteiger partial charge in [0, 0.05) is 12.3 Å². The molecule has 1 N–H and O–H groups in total. The number of aromatic nitrogens is 1. The Kier molecular flexibility index (Phi) is 6.57. The minimum Gasteiger partial charge on any atom is -0.497 e. The molecule has 0 aliphatic rings. The van der Waals surface area contributed by atoms with Crippen molar-refractivity contribution >= 4 is 21.6 Å². The highest BCUT2D eigenvalue weighted by molar-refractivity contribution is 7.92. The molecule has 0 fully saturated rings. The second-order valence-electron chi connectivity index (χ2n) is 5.72. The molecule has 1 aromatic heterocycles. The molecule has 8 heteroatoms. The summed E-state index contributed by atoms with van der Waals surface area (Å²) < 4.78 is 31.1. The summed E-state index contributed by atoms with van der Waals surface area (Å²) in [4.78, 5) is 16.8. The third-order valence-corrected chi connectivity index (χ3v) is 4.99. The Morgan fingerprint density at radius 1 is 1.27 bits per heavy atom. The number of pyridine rings is 1. The zero-order valence-electron chi connectivity index (χ0n) is 15.0. The fourth-order valence-electron chi connectivity index (χ4n) is 2.61. The smallest absolute Gasteiger partial charge is 0.244 e. The maximum atomic E-state index is 12.7. The molecule has 1 heterocycles. The van der Waals surface area contributed by atoms with Crippen LogP contribution in [0, 0.1) is 0 Å². The zero-order valence-corrected chi connectivity index (χ0v) is 15.9. The number of carbonyl (C=O) groups excluding carboxylic acids is 1. The number of nitrogens with zero attached hydrogens (tertiary/aromatic N) is 2. The summed E-state index contributed by atoms with van der Waals surface area (Å²) >= 11 is 0. The second-order valence-corrected chi connectivity index (χ2v) is 7.58. The summed E-state index contributed by atoms with van der Waals surface area (Å²) in [6.45, 7) is 2.00. The minimum atomic E-state index is -3.68. The fourth-order valence-corrected chi connectivity index (χ4v) is 3.81. The van der Waals surface area contributed by atoms with E-state index < -0.39 is 16.1 Å². The molecule has 0 radical (unpaired) electrons. The van der Waals surface area contributed by atoms with Crippen LogP contribution >= 0.6 is 0 Å². The maximum absolute atomic E-state index is 12.7. The van der Waals surface area contributed by atoms with Crippen molar-refractivity contribution in [2.45, 2.75) is 25.9 Å². The molecule has 26 heavy (non-hydrogen) atoms. The Morgan fingerprint density at radius 2 is 2.04 bits per heavy atom. The number of hydrogen-bond donors (Lipinski definition) is 1. The lowest BCUT2D eigenvalue weighted by Crippen LogP contribution is -2.49. The van der Waals surface area contributed by atoms with E-state index in [1.165, 1.54) is 7.11 Å². The molecular weight excluding hydrogens is 354 g/mol. The number of rotatable bonds is 8. The molecule has 1 unspecified atom stereocenters. The van der Waals surface area contributed by atoms with Crippen LogP contribution in [0.5, 0.6) is 5.75 Å². The molecule has 7 nitrogen and oxygen atoms in total. The van der Waals surface area contributed by atoms with Crippen LogP contribution < -0.4 is 14.4 Å². The number of hydrogen-bond acceptors (Lipinski definition) is 5. The number of sulfonamides is 1. The van der Waals surface area contributed by atoms with Crippen LogP contribution in [0.2, 0.25) is 0 Å². The van der Waals surface area contributed by atoms with E-state index >= 15 is 0 Å². The molecule has 0 aliphatic carbocycles. The van der Waals surface area contributed by atoms with E-state index in [0.29, 0.717) is 23.6 Å². The topological polar surface area (TPSA) is 88.6 Å². The van der Waals surface area contributed by atoms with Gasteiger partial charge < -0.3 is 10.1 Å². The molecule has 1 atom stereocenters. The molecule has 0 saturated carbocycles. The van der Waals surface area contributed by atoms with Gasteiger partial charge >= 0.3 is 0 Å². The third kappa shape index (κ3) is 4.95. The Bertz CT molecular complexity index is 841. The van der Waals surface area contributed by atoms with Gasteiger partial charge in [0.1, 0.15) is 11.8 Å². The molecule has 1 amide bonds. The van der Waals surface area contributed by atoms with E-state index in [1.54, 1.807) is 49.5 Å². The van der Waals surface area contributed by atoms with E-state index in [0.717, 1.165) is 10.6 Å². The maximum Gasteiger partial charge on any atom is 0.244 e. The monoisotopic (exact) mass is 377 g/mol. The number of benzene rings is 1. The van der Waals surface area contributed by atoms with E-state index in [-0.39, 0.29) is 12.5 Å². The van der Waals surface area contributed by atoms with Gasteiger partial charge in [0.25, 0.3) is 0 Å². The van der Waals surface area contributed by atoms with Gasteiger partial charge in [0.05, 0.1) is 31.3 Å². The van der Waals surface area contributed by atoms with E-state index in [2.05, 4.69) is 10.3 Å². The van der Waals surface area contributed by atoms with Crippen LogP contribution in [-0.2, 0) is 21.4 Å². The lowest BCUT2D eigenvalue weighted by molar-refractivity contribution is -0.122. The van der Waals surface area contributed by atoms with Crippen molar-refractivity contribution in [3.8, 4) is 5.75 Å². The molecular formula is C18H23N3O4S. The van der Waals surface area contributed by atoms with Crippen LogP contribution in [0.25, 0.3) is 0 Å². The van der Waals surface area contributed by atoms with Gasteiger partial charge in [-0.25, -0.2) is 8.42 Å². The first kappa shape index (κ1) is 19.7. The predicted octanol–water partition coefficient (Wildman–Crippen LogP) is 1.95. The number of amides is 1. The Labute approximate surface area is 154 Å². The van der Waals surface area contributed by atoms with Crippen molar-refractivity contribution in [3.05, 3.63) is 54.4 Å². The van der Waals surface area contributed by atoms with Gasteiger partial charge in [-0.05, 0) is 30.7 Å². The summed E-state index contributed by atoms with van der Waals surface area (Å²) in [5.41, 5.74) is 1.08. The third-order valence-electron chi connectivity index (χ3n) is 3.81. The number of methoxy groups -OCH3 is 1. The van der Waals surface area contributed by atoms with Gasteiger partial charge in [-0.2, -0.15) is 0 Å². The highest BCUT2D eigenvalue weighted by Crippen LogP contribution is 2.26. The second kappa shape index (κ2) is 8.66. The molecule has 0 aliphatic heterocycles. The van der Waals surface area contributed by atoms with Crippen LogP contribution in [0.15, 0.2) is 48.7 Å². The molecule has 0 saturated heterocycles. The Balaban J connectivity index is 2.27. The molecule has 0 spiro atoms. The molecule has 1 aromatic carbocycles. The van der Waals surface area contributed by atoms with Crippen molar-refractivity contribution in [3.63, 3.8) is 0 Å². The average molecular weight is 377 g/mol. The summed E-state index contributed by atoms with van der Waals surface area (Å²) in [6.07, 6.45) is 3.04. The average Bonchev–Trinajstić information content (AvgIpc) is 2.63. The van der Waals surface area contributed by atoms with Crippen molar-refractivity contribution in [1.82, 2.24) is 10.3 Å². The first-order chi connectivity index (χ1) is 12.4. The summed E-state index contributed by atoms with van der Waals surface area (Å²) in [6, 6.07) is 11.2. The van der Waals surface area contributed by atoms with Crippen molar-refractivity contribution in [2.75, 3.05) is 17.7 Å². The van der Waals surface area contributed by atoms with Crippen molar-refractivity contribution < 1.29 is 17.9 Å². The van der Waals surface area contributed by atoms with Crippen LogP contribution in [-0.4, -0.2) is 38.7 Å². The lowest BCUT2D eigenvalue weighted by Gasteiger charge is -2.30. The SMILES string of the molecule is CCC(C(=O)NCc1ccccn1)N(c1cccc(OC)c1)S(C)(=O)=O. The fraction of sp³-hybridized carbons (Fsp3) is 0.333. The first-order valence-corrected chi connectivity index (χ1v) is 10.0. The minimum absolute atomic E-state index is 0.228. The quantitative estimate of drug-likeness (QED) is 0.760. The van der Waals surface area contributed by atoms with Crippen molar-refractivity contribution in [1.29, 1.82) is 0 Å². The summed E-state index contributed by atoms with van der Waals surface area (Å²) in [7, 11) is -2.18. The van der Waals surface area contributed by atoms with E-state index in [9.17, 15) is 13.2 Å². The van der Waals surface area contributed by atoms with E-state index in [1.807, 2.05) is 6.07 Å². The Hall–Kier alpha value is -2.61. The number of anilines is 1. The van der Waals surface area contributed by atoms with Gasteiger partial charge in [0.15, 0.2) is 0 Å². The van der Waals surface area contributed by atoms with Crippen molar-refractivity contribution in [2.24, 2.45) is 0 Å². The highest BCUT2D eigenvalue weighted by atomic mass is 32.2. The number of nitrogens with one attached hydrogen (secondary N) is 1. The zero-order chi connectivity index (χ0) is 19.2. The highest BCUT2D eigenvalue weighted by Gasteiger charge is 2.31. The predicted molar refractivity (Wildman–Crippen MR) is 100 cm³/mol. The summed E-state index contributed by atoms with van der Waals surface area (Å²) in [5, 5.41) is 2.76. The molecule has 2 aromatic rings. The number of ether oxygens (including phenoxy) is 1. The van der Waals surface area contributed by atoms with Crippen LogP contribution in [0.3, 0.4) is 0 Å². The lowest BCUT2D eigenvalue weighted by atomic mass is 10.2. The first-order valence-electron chi connectivity index (χ1n) is 8.18. The number of carbonyl (C=O) groups is 1. The normalized spacial score (nSPS) is 12.3. The van der Waals surface area contributed by atoms with E-state index in [4.69, 9.17) is 4.74 Å². The van der Waals surface area contributed by atoms with Gasteiger partial charge in [-0.15, -0.1) is 0 Å². The van der Waals surface area contributed by atoms with Gasteiger partial charge in [-0.1, -0.05) is 19.1 Å². The van der Waals surface area contributed by atoms with Crippen LogP contribution in [0.4, 0.5) is 5.69 Å². The Morgan fingerprint density at radius 3 is 2.62 bits per heavy atom. The van der Waals surface area contributed by atoms with Gasteiger partial charge in [0.2, 0.25) is 15.9 Å².